The van der Waals surface area contributed by atoms with E-state index in [2.05, 4.69) is 18.7 Å². The molecule has 5 rings (SSSR count). The van der Waals surface area contributed by atoms with Crippen LogP contribution in [0.4, 0.5) is 0 Å². The van der Waals surface area contributed by atoms with Gasteiger partial charge in [-0.25, -0.2) is 0 Å². The molecule has 0 N–H and O–H groups in total. The Balaban J connectivity index is 1.62. The number of rotatable bonds is 3. The molecule has 5 saturated carbocycles. The van der Waals surface area contributed by atoms with E-state index in [-0.39, 0.29) is 5.41 Å². The zero-order valence-corrected chi connectivity index (χ0v) is 12.4. The van der Waals surface area contributed by atoms with Crippen LogP contribution in [0.3, 0.4) is 0 Å². The first-order valence-electron chi connectivity index (χ1n) is 8.40. The van der Waals surface area contributed by atoms with Crippen LogP contribution in [-0.2, 0) is 4.79 Å². The zero-order chi connectivity index (χ0) is 13.2. The molecule has 0 radical (unpaired) electrons. The van der Waals surface area contributed by atoms with Crippen molar-refractivity contribution in [1.29, 1.82) is 0 Å². The molecule has 5 aliphatic carbocycles. The molecule has 2 nitrogen and oxygen atoms in total. The van der Waals surface area contributed by atoms with Crippen LogP contribution in [-0.4, -0.2) is 22.9 Å². The predicted octanol–water partition coefficient (Wildman–Crippen LogP) is 3.60. The highest BCUT2D eigenvalue weighted by Gasteiger charge is 2.56. The minimum absolute atomic E-state index is 0.0710. The summed E-state index contributed by atoms with van der Waals surface area (Å²) in [5.74, 6) is 3.18. The quantitative estimate of drug-likeness (QED) is 0.760. The van der Waals surface area contributed by atoms with Crippen molar-refractivity contribution in [3.8, 4) is 0 Å². The molecule has 0 aliphatic heterocycles. The highest BCUT2D eigenvalue weighted by atomic mass is 16.2. The summed E-state index contributed by atoms with van der Waals surface area (Å²) >= 11 is 0. The van der Waals surface area contributed by atoms with Crippen LogP contribution in [0, 0.1) is 23.2 Å². The lowest BCUT2D eigenvalue weighted by atomic mass is 9.49. The molecule has 0 heterocycles. The van der Waals surface area contributed by atoms with Crippen molar-refractivity contribution in [2.24, 2.45) is 23.2 Å². The average molecular weight is 261 g/mol. The van der Waals surface area contributed by atoms with Gasteiger partial charge in [0.1, 0.15) is 0 Å². The molecule has 0 spiro atoms. The first-order valence-corrected chi connectivity index (χ1v) is 8.40. The molecule has 4 bridgehead atoms. The third kappa shape index (κ3) is 1.86. The number of carbonyl (C=O) groups is 1. The summed E-state index contributed by atoms with van der Waals surface area (Å²) in [4.78, 5) is 15.5. The lowest BCUT2D eigenvalue weighted by Gasteiger charge is -2.57. The molecule has 106 valence electrons. The first-order chi connectivity index (χ1) is 9.07. The number of nitrogens with zero attached hydrogens (tertiary/aromatic N) is 1. The molecule has 5 fully saturated rings. The van der Waals surface area contributed by atoms with Crippen LogP contribution in [0.2, 0.25) is 0 Å². The number of hydrogen-bond acceptors (Lipinski definition) is 1. The largest absolute Gasteiger partial charge is 0.337 e. The SMILES string of the molecule is CC(C)N(C(=O)C12CC3CC(CC(C3)C1)C2)C1CC1. The van der Waals surface area contributed by atoms with E-state index in [9.17, 15) is 4.79 Å². The van der Waals surface area contributed by atoms with Crippen LogP contribution < -0.4 is 0 Å². The first kappa shape index (κ1) is 12.2. The van der Waals surface area contributed by atoms with Gasteiger partial charge in [-0.05, 0) is 83.0 Å². The Hall–Kier alpha value is -0.530. The molecular formula is C17H27NO. The van der Waals surface area contributed by atoms with Crippen molar-refractivity contribution in [1.82, 2.24) is 4.90 Å². The van der Waals surface area contributed by atoms with Gasteiger partial charge in [-0.15, -0.1) is 0 Å². The summed E-state index contributed by atoms with van der Waals surface area (Å²) in [5, 5.41) is 0. The fourth-order valence-corrected chi connectivity index (χ4v) is 5.82. The van der Waals surface area contributed by atoms with E-state index in [1.807, 2.05) is 0 Å². The Morgan fingerprint density at radius 3 is 1.84 bits per heavy atom. The second kappa shape index (κ2) is 3.99. The summed E-state index contributed by atoms with van der Waals surface area (Å²) in [5.41, 5.74) is 0.0710. The maximum absolute atomic E-state index is 13.2. The van der Waals surface area contributed by atoms with Crippen LogP contribution in [0.1, 0.15) is 65.2 Å². The third-order valence-electron chi connectivity index (χ3n) is 6.22. The van der Waals surface area contributed by atoms with Gasteiger partial charge in [0.15, 0.2) is 0 Å². The van der Waals surface area contributed by atoms with Gasteiger partial charge in [0.25, 0.3) is 0 Å². The second-order valence-electron chi connectivity index (χ2n) is 8.24. The van der Waals surface area contributed by atoms with Crippen molar-refractivity contribution in [3.63, 3.8) is 0 Å². The van der Waals surface area contributed by atoms with Gasteiger partial charge in [-0.1, -0.05) is 0 Å². The van der Waals surface area contributed by atoms with E-state index in [4.69, 9.17) is 0 Å². The van der Waals surface area contributed by atoms with Crippen LogP contribution in [0.25, 0.3) is 0 Å². The molecule has 2 heteroatoms. The highest BCUT2D eigenvalue weighted by molar-refractivity contribution is 5.84. The smallest absolute Gasteiger partial charge is 0.229 e. The maximum atomic E-state index is 13.2. The van der Waals surface area contributed by atoms with E-state index in [1.54, 1.807) is 0 Å². The van der Waals surface area contributed by atoms with Gasteiger partial charge >= 0.3 is 0 Å². The monoisotopic (exact) mass is 261 g/mol. The van der Waals surface area contributed by atoms with Crippen LogP contribution in [0.15, 0.2) is 0 Å². The minimum Gasteiger partial charge on any atom is -0.337 e. The summed E-state index contributed by atoms with van der Waals surface area (Å²) in [6.07, 6.45) is 10.4. The van der Waals surface area contributed by atoms with E-state index in [1.165, 1.54) is 51.4 Å². The normalized spacial score (nSPS) is 43.8. The third-order valence-corrected chi connectivity index (χ3v) is 6.22. The molecule has 5 aliphatic rings. The lowest BCUT2D eigenvalue weighted by Crippen LogP contribution is -2.56. The summed E-state index contributed by atoms with van der Waals surface area (Å²) in [7, 11) is 0. The van der Waals surface area contributed by atoms with E-state index in [0.717, 1.165) is 17.8 Å². The molecule has 0 atom stereocenters. The standard InChI is InChI=1S/C17H27NO/c1-11(2)18(15-3-4-15)16(19)17-8-12-5-13(9-17)7-14(6-12)10-17/h11-15H,3-10H2,1-2H3. The topological polar surface area (TPSA) is 20.3 Å². The van der Waals surface area contributed by atoms with Crippen molar-refractivity contribution in [3.05, 3.63) is 0 Å². The number of carbonyl (C=O) groups excluding carboxylic acids is 1. The van der Waals surface area contributed by atoms with Gasteiger partial charge in [0, 0.05) is 12.1 Å². The molecule has 0 saturated heterocycles. The van der Waals surface area contributed by atoms with Crippen molar-refractivity contribution in [2.75, 3.05) is 0 Å². The fraction of sp³-hybridized carbons (Fsp3) is 0.941. The van der Waals surface area contributed by atoms with Crippen LogP contribution >= 0.6 is 0 Å². The van der Waals surface area contributed by atoms with Crippen molar-refractivity contribution >= 4 is 5.91 Å². The Bertz CT molecular complexity index is 359. The van der Waals surface area contributed by atoms with Gasteiger partial charge in [0.2, 0.25) is 5.91 Å². The molecule has 19 heavy (non-hydrogen) atoms. The van der Waals surface area contributed by atoms with E-state index >= 15 is 0 Å². The lowest BCUT2D eigenvalue weighted by molar-refractivity contribution is -0.160. The Morgan fingerprint density at radius 2 is 1.47 bits per heavy atom. The van der Waals surface area contributed by atoms with Gasteiger partial charge in [0.05, 0.1) is 5.41 Å². The van der Waals surface area contributed by atoms with Gasteiger partial charge in [-0.3, -0.25) is 4.79 Å². The van der Waals surface area contributed by atoms with E-state index < -0.39 is 0 Å². The summed E-state index contributed by atoms with van der Waals surface area (Å²) in [6.45, 7) is 4.41. The fourth-order valence-electron chi connectivity index (χ4n) is 5.82. The van der Waals surface area contributed by atoms with Crippen molar-refractivity contribution < 1.29 is 4.79 Å². The Morgan fingerprint density at radius 1 is 1.00 bits per heavy atom. The zero-order valence-electron chi connectivity index (χ0n) is 12.4. The summed E-state index contributed by atoms with van der Waals surface area (Å²) in [6, 6.07) is 0.980. The molecule has 0 unspecified atom stereocenters. The maximum Gasteiger partial charge on any atom is 0.229 e. The predicted molar refractivity (Wildman–Crippen MR) is 75.6 cm³/mol. The number of hydrogen-bond donors (Lipinski definition) is 0. The summed E-state index contributed by atoms with van der Waals surface area (Å²) < 4.78 is 0. The Labute approximate surface area is 116 Å². The van der Waals surface area contributed by atoms with E-state index in [0.29, 0.717) is 18.0 Å². The van der Waals surface area contributed by atoms with Gasteiger partial charge < -0.3 is 4.90 Å². The average Bonchev–Trinajstić information content (AvgIpc) is 3.11. The second-order valence-corrected chi connectivity index (χ2v) is 8.24. The molecule has 0 aromatic heterocycles. The number of amides is 1. The van der Waals surface area contributed by atoms with Gasteiger partial charge in [-0.2, -0.15) is 0 Å². The molecule has 1 amide bonds. The molecule has 0 aromatic carbocycles. The molecule has 0 aromatic rings. The Kier molecular flexibility index (Phi) is 2.57. The van der Waals surface area contributed by atoms with Crippen molar-refractivity contribution in [2.45, 2.75) is 77.3 Å². The molecular weight excluding hydrogens is 234 g/mol. The highest BCUT2D eigenvalue weighted by Crippen LogP contribution is 2.61. The van der Waals surface area contributed by atoms with Crippen LogP contribution in [0.5, 0.6) is 0 Å². The minimum atomic E-state index is 0.0710.